The highest BCUT2D eigenvalue weighted by atomic mass is 32.1. The average molecular weight is 959 g/mol. The maximum absolute atomic E-state index is 14.0. The third-order valence-electron chi connectivity index (χ3n) is 11.1. The predicted molar refractivity (Wildman–Crippen MR) is 260 cm³/mol. The molecule has 1 fully saturated rings. The molecule has 18 nitrogen and oxygen atoms in total. The van der Waals surface area contributed by atoms with Gasteiger partial charge in [0.15, 0.2) is 0 Å². The van der Waals surface area contributed by atoms with Gasteiger partial charge in [0.25, 0.3) is 0 Å². The highest BCUT2D eigenvalue weighted by Crippen LogP contribution is 2.30. The number of ether oxygens (including phenoxy) is 4. The van der Waals surface area contributed by atoms with Crippen LogP contribution in [0.5, 0.6) is 0 Å². The Morgan fingerprint density at radius 1 is 0.897 bits per heavy atom. The maximum Gasteiger partial charge on any atom is 0.414 e. The number of hydrogen-bond donors (Lipinski definition) is 6. The Kier molecular flexibility index (Phi) is 17.7. The van der Waals surface area contributed by atoms with Crippen LogP contribution in [-0.2, 0) is 35.1 Å². The molecule has 0 spiro atoms. The minimum absolute atomic E-state index is 0.00312. The highest BCUT2D eigenvalue weighted by molar-refractivity contribution is 7.13. The fourth-order valence-electron chi connectivity index (χ4n) is 7.61. The summed E-state index contributed by atoms with van der Waals surface area (Å²) in [4.78, 5) is 52.9. The first kappa shape index (κ1) is 51.9. The molecule has 0 saturated carbocycles. The Morgan fingerprint density at radius 2 is 1.59 bits per heavy atom. The van der Waals surface area contributed by atoms with Crippen molar-refractivity contribution < 1.29 is 48.7 Å². The van der Waals surface area contributed by atoms with Crippen LogP contribution in [0.4, 0.5) is 16.2 Å². The number of nitrogens with one attached hydrogen (secondary N) is 3. The van der Waals surface area contributed by atoms with Crippen LogP contribution in [0.3, 0.4) is 0 Å². The zero-order chi connectivity index (χ0) is 49.2. The third-order valence-corrected chi connectivity index (χ3v) is 12.1. The lowest BCUT2D eigenvalue weighted by molar-refractivity contribution is -0.143. The lowest BCUT2D eigenvalue weighted by Gasteiger charge is -2.36. The van der Waals surface area contributed by atoms with Gasteiger partial charge in [-0.1, -0.05) is 57.2 Å². The normalized spacial score (nSPS) is 16.7. The Hall–Kier alpha value is -5.51. The molecular weight excluding hydrogens is 893 g/mol. The van der Waals surface area contributed by atoms with Crippen molar-refractivity contribution in [2.24, 2.45) is 5.41 Å². The number of pyridine rings is 1. The summed E-state index contributed by atoms with van der Waals surface area (Å²) in [5, 5.41) is 41.0. The summed E-state index contributed by atoms with van der Waals surface area (Å²) >= 11 is 1.57. The first-order valence-corrected chi connectivity index (χ1v) is 23.6. The molecule has 6 N–H and O–H groups in total. The van der Waals surface area contributed by atoms with E-state index in [-0.39, 0.29) is 65.1 Å². The van der Waals surface area contributed by atoms with Crippen molar-refractivity contribution in [3.63, 3.8) is 0 Å². The molecular formula is C49H66N8O10S. The summed E-state index contributed by atoms with van der Waals surface area (Å²) in [6.07, 6.45) is 0.128. The molecule has 0 bridgehead atoms. The number of anilines is 2. The van der Waals surface area contributed by atoms with Crippen LogP contribution in [0.1, 0.15) is 59.2 Å². The molecule has 0 aliphatic carbocycles. The number of aryl methyl sites for hydroxylation is 1. The molecule has 3 amide bonds. The van der Waals surface area contributed by atoms with E-state index in [1.54, 1.807) is 30.6 Å². The Labute approximate surface area is 401 Å². The number of β-amino-alcohol motifs (C(OH)–C–C–N with tert-alkyl or cyclic N) is 1. The average Bonchev–Trinajstić information content (AvgIpc) is 4.03. The van der Waals surface area contributed by atoms with Crippen molar-refractivity contribution in [2.75, 3.05) is 63.5 Å². The van der Waals surface area contributed by atoms with Gasteiger partial charge in [-0.3, -0.25) is 24.2 Å². The van der Waals surface area contributed by atoms with E-state index in [1.165, 1.54) is 9.80 Å². The van der Waals surface area contributed by atoms with E-state index in [1.807, 2.05) is 119 Å². The second-order valence-corrected chi connectivity index (χ2v) is 19.7. The summed E-state index contributed by atoms with van der Waals surface area (Å²) in [6.45, 7) is 13.9. The smallest absolute Gasteiger partial charge is 0.414 e. The van der Waals surface area contributed by atoms with Gasteiger partial charge in [-0.05, 0) is 68.5 Å². The molecule has 19 heteroatoms. The number of amides is 3. The summed E-state index contributed by atoms with van der Waals surface area (Å²) in [5.41, 5.74) is 7.05. The van der Waals surface area contributed by atoms with Gasteiger partial charge in [0.2, 0.25) is 11.8 Å². The van der Waals surface area contributed by atoms with Crippen LogP contribution in [0, 0.1) is 12.3 Å². The van der Waals surface area contributed by atoms with Crippen molar-refractivity contribution in [3.8, 4) is 21.7 Å². The largest absolute Gasteiger partial charge is 0.443 e. The molecule has 4 heterocycles. The van der Waals surface area contributed by atoms with Gasteiger partial charge in [-0.2, -0.15) is 0 Å². The van der Waals surface area contributed by atoms with Gasteiger partial charge in [0, 0.05) is 44.0 Å². The van der Waals surface area contributed by atoms with E-state index >= 15 is 0 Å². The summed E-state index contributed by atoms with van der Waals surface area (Å²) in [7, 11) is 1.65. The van der Waals surface area contributed by atoms with Gasteiger partial charge in [0.05, 0.1) is 85.4 Å². The summed E-state index contributed by atoms with van der Waals surface area (Å²) in [6, 6.07) is 17.2. The Balaban J connectivity index is 0.880. The van der Waals surface area contributed by atoms with Crippen molar-refractivity contribution in [3.05, 3.63) is 89.8 Å². The second-order valence-electron chi connectivity index (χ2n) is 18.9. The van der Waals surface area contributed by atoms with Crippen LogP contribution in [0.15, 0.2) is 78.6 Å². The van der Waals surface area contributed by atoms with Crippen molar-refractivity contribution >= 4 is 46.3 Å². The first-order valence-electron chi connectivity index (χ1n) is 22.7. The van der Waals surface area contributed by atoms with Crippen LogP contribution in [-0.4, -0.2) is 142 Å². The number of aromatic nitrogens is 3. The number of nitrogens with zero attached hydrogens (tertiary/aromatic N) is 5. The molecule has 1 aliphatic heterocycles. The van der Waals surface area contributed by atoms with E-state index in [0.717, 1.165) is 33.0 Å². The molecule has 368 valence electrons. The number of benzene rings is 2. The first-order chi connectivity index (χ1) is 32.3. The standard InChI is InChI=1S/C49H66N8O10S/c1-31-43(68-30-52-31)33-14-12-32(13-15-33)24-51-45(61)38-23-37(58)27-57(38)46(62)44(48(2,3)4)54-42(60)29-66-21-19-64-18-20-65-28-41(59)53-35-11-9-10-34(22-35)39-25-50-40-17-16-36(26-56(39)40)55(8)47(63)67-49(5,6)7/h9-17,22,25-26,30,37-38,41-42,44,53-54,58-60H,18-21,23-24,27-29H2,1-8H3,(H,51,61)/t37-,38+,41?,42?,44-/m1/s1. The highest BCUT2D eigenvalue weighted by Gasteiger charge is 2.44. The molecule has 68 heavy (non-hydrogen) atoms. The SMILES string of the molecule is Cc1ncsc1-c1ccc(CNC(=O)[C@@H]2C[C@@H](O)CN2C(=O)[C@@H](NC(O)COCCOCCOCC(O)Nc2cccc(-c3cnc4ccc(N(C)C(=O)OC(C)(C)C)cn34)c2)C(C)(C)C)cc1. The Bertz CT molecular complexity index is 2450. The van der Waals surface area contributed by atoms with Crippen LogP contribution < -0.4 is 20.9 Å². The molecule has 5 aromatic rings. The number of rotatable bonds is 21. The third kappa shape index (κ3) is 14.3. The number of aliphatic hydroxyl groups excluding tert-OH is 3. The second kappa shape index (κ2) is 23.2. The van der Waals surface area contributed by atoms with Gasteiger partial charge in [0.1, 0.15) is 29.7 Å². The van der Waals surface area contributed by atoms with Gasteiger partial charge in [-0.25, -0.2) is 14.8 Å². The number of fused-ring (bicyclic) bond motifs is 1. The fraction of sp³-hybridized carbons (Fsp3) is 0.490. The molecule has 5 atom stereocenters. The zero-order valence-corrected chi connectivity index (χ0v) is 40.9. The van der Waals surface area contributed by atoms with E-state index in [9.17, 15) is 29.7 Å². The van der Waals surface area contributed by atoms with Gasteiger partial charge < -0.3 is 49.8 Å². The number of hydrogen-bond acceptors (Lipinski definition) is 15. The summed E-state index contributed by atoms with van der Waals surface area (Å²) < 4.78 is 24.3. The number of thiazole rings is 1. The van der Waals surface area contributed by atoms with Gasteiger partial charge >= 0.3 is 6.09 Å². The minimum atomic E-state index is -1.21. The molecule has 1 saturated heterocycles. The van der Waals surface area contributed by atoms with Crippen LogP contribution >= 0.6 is 11.3 Å². The molecule has 2 aromatic carbocycles. The van der Waals surface area contributed by atoms with E-state index < -0.39 is 53.7 Å². The quantitative estimate of drug-likeness (QED) is 0.0412. The van der Waals surface area contributed by atoms with Crippen molar-refractivity contribution in [2.45, 2.75) is 97.7 Å². The molecule has 0 radical (unpaired) electrons. The van der Waals surface area contributed by atoms with E-state index in [0.29, 0.717) is 17.0 Å². The number of carbonyl (C=O) groups is 3. The molecule has 6 rings (SSSR count). The van der Waals surface area contributed by atoms with E-state index in [4.69, 9.17) is 18.9 Å². The predicted octanol–water partition coefficient (Wildman–Crippen LogP) is 5.19. The molecule has 2 unspecified atom stereocenters. The topological polar surface area (TPSA) is 222 Å². The lowest BCUT2D eigenvalue weighted by atomic mass is 9.85. The Morgan fingerprint density at radius 3 is 2.25 bits per heavy atom. The van der Waals surface area contributed by atoms with Crippen molar-refractivity contribution in [1.82, 2.24) is 29.9 Å². The maximum atomic E-state index is 14.0. The number of carbonyl (C=O) groups excluding carboxylic acids is 3. The summed E-state index contributed by atoms with van der Waals surface area (Å²) in [5.74, 6) is -0.767. The molecule has 1 aliphatic rings. The zero-order valence-electron chi connectivity index (χ0n) is 40.1. The number of likely N-dealkylation sites (tertiary alicyclic amines) is 1. The minimum Gasteiger partial charge on any atom is -0.443 e. The number of imidazole rings is 1. The van der Waals surface area contributed by atoms with Gasteiger partial charge in [-0.15, -0.1) is 11.3 Å². The monoisotopic (exact) mass is 958 g/mol. The lowest BCUT2D eigenvalue weighted by Crippen LogP contribution is -2.59. The van der Waals surface area contributed by atoms with E-state index in [2.05, 4.69) is 25.9 Å². The van der Waals surface area contributed by atoms with Crippen LogP contribution in [0.25, 0.3) is 27.3 Å². The fourth-order valence-corrected chi connectivity index (χ4v) is 8.42. The number of aliphatic hydroxyl groups is 3. The molecule has 3 aromatic heterocycles. The van der Waals surface area contributed by atoms with Crippen LogP contribution in [0.2, 0.25) is 0 Å². The van der Waals surface area contributed by atoms with Crippen molar-refractivity contribution in [1.29, 1.82) is 0 Å².